The fraction of sp³-hybridized carbons (Fsp3) is 0.667. The fourth-order valence-electron chi connectivity index (χ4n) is 0.517. The number of carbonyl (C=O) groups excluding carboxylic acids is 1. The van der Waals surface area contributed by atoms with E-state index in [1.807, 2.05) is 0 Å². The van der Waals surface area contributed by atoms with Gasteiger partial charge in [-0.2, -0.15) is 17.6 Å². The van der Waals surface area contributed by atoms with Crippen LogP contribution >= 0.6 is 0 Å². The molecule has 0 radical (unpaired) electrons. The second-order valence-corrected chi connectivity index (χ2v) is 2.34. The third kappa shape index (κ3) is 3.00. The molecule has 0 unspecified atom stereocenters. The highest BCUT2D eigenvalue weighted by Crippen LogP contribution is 2.36. The minimum absolute atomic E-state index is 1.11. The van der Waals surface area contributed by atoms with Gasteiger partial charge in [0, 0.05) is 6.42 Å². The molecule has 0 bridgehead atoms. The van der Waals surface area contributed by atoms with Crippen LogP contribution in [0.5, 0.6) is 0 Å². The van der Waals surface area contributed by atoms with Crippen molar-refractivity contribution in [1.29, 1.82) is 0 Å². The van der Waals surface area contributed by atoms with Gasteiger partial charge in [-0.15, -0.1) is 0 Å². The number of carbonyl (C=O) groups is 2. The van der Waals surface area contributed by atoms with Crippen LogP contribution in [0.2, 0.25) is 0 Å². The molecule has 0 aromatic heterocycles. The number of carboxylic acid groups (broad SMARTS) is 1. The zero-order valence-electron chi connectivity index (χ0n) is 6.27. The molecule has 0 aliphatic heterocycles. The highest BCUT2D eigenvalue weighted by Gasteiger charge is 2.55. The maximum absolute atomic E-state index is 12.3. The first-order valence-corrected chi connectivity index (χ1v) is 3.17. The lowest BCUT2D eigenvalue weighted by molar-refractivity contribution is -0.202. The van der Waals surface area contributed by atoms with Crippen LogP contribution in [-0.2, 0) is 9.59 Å². The summed E-state index contributed by atoms with van der Waals surface area (Å²) in [6, 6.07) is 0. The molecule has 0 atom stereocenters. The van der Waals surface area contributed by atoms with Crippen LogP contribution in [0.1, 0.15) is 12.8 Å². The summed E-state index contributed by atoms with van der Waals surface area (Å²) in [5, 5.41) is 7.95. The molecule has 0 spiro atoms. The lowest BCUT2D eigenvalue weighted by atomic mass is 10.1. The van der Waals surface area contributed by atoms with Crippen molar-refractivity contribution in [2.75, 3.05) is 0 Å². The third-order valence-corrected chi connectivity index (χ3v) is 1.29. The SMILES string of the molecule is O=CC(F)(F)C(F)(F)CCC(=O)O. The summed E-state index contributed by atoms with van der Waals surface area (Å²) < 4.78 is 48.8. The topological polar surface area (TPSA) is 54.4 Å². The molecular weight excluding hydrogens is 196 g/mol. The van der Waals surface area contributed by atoms with E-state index < -0.39 is 36.9 Å². The van der Waals surface area contributed by atoms with Crippen LogP contribution in [0, 0.1) is 0 Å². The molecule has 0 amide bonds. The minimum Gasteiger partial charge on any atom is -0.481 e. The van der Waals surface area contributed by atoms with Crippen LogP contribution in [0.3, 0.4) is 0 Å². The first kappa shape index (κ1) is 11.9. The number of hydrogen-bond acceptors (Lipinski definition) is 2. The highest BCUT2D eigenvalue weighted by molar-refractivity contribution is 5.67. The van der Waals surface area contributed by atoms with Gasteiger partial charge in [0.05, 0.1) is 6.42 Å². The van der Waals surface area contributed by atoms with Gasteiger partial charge in [-0.3, -0.25) is 9.59 Å². The van der Waals surface area contributed by atoms with E-state index in [0.29, 0.717) is 0 Å². The first-order valence-electron chi connectivity index (χ1n) is 3.17. The van der Waals surface area contributed by atoms with E-state index >= 15 is 0 Å². The van der Waals surface area contributed by atoms with Crippen LogP contribution in [0.25, 0.3) is 0 Å². The van der Waals surface area contributed by atoms with Crippen molar-refractivity contribution >= 4 is 12.3 Å². The normalized spacial score (nSPS) is 12.6. The summed E-state index contributed by atoms with van der Waals surface area (Å²) in [6.45, 7) is 0. The predicted octanol–water partition coefficient (Wildman–Crippen LogP) is 1.32. The molecular formula is C6H6F4O3. The van der Waals surface area contributed by atoms with Crippen LogP contribution < -0.4 is 0 Å². The van der Waals surface area contributed by atoms with Gasteiger partial charge in [-0.1, -0.05) is 0 Å². The lowest BCUT2D eigenvalue weighted by Crippen LogP contribution is -2.42. The quantitative estimate of drug-likeness (QED) is 0.540. The van der Waals surface area contributed by atoms with E-state index in [1.54, 1.807) is 0 Å². The fourth-order valence-corrected chi connectivity index (χ4v) is 0.517. The molecule has 0 aromatic carbocycles. The third-order valence-electron chi connectivity index (χ3n) is 1.29. The summed E-state index contributed by atoms with van der Waals surface area (Å²) in [6.07, 6.45) is -3.86. The Labute approximate surface area is 70.3 Å². The number of rotatable bonds is 5. The first-order chi connectivity index (χ1) is 5.73. The number of aldehydes is 1. The van der Waals surface area contributed by atoms with E-state index in [-0.39, 0.29) is 0 Å². The highest BCUT2D eigenvalue weighted by atomic mass is 19.3. The zero-order valence-corrected chi connectivity index (χ0v) is 6.27. The number of hydrogen-bond donors (Lipinski definition) is 1. The second-order valence-electron chi connectivity index (χ2n) is 2.34. The second kappa shape index (κ2) is 3.71. The summed E-state index contributed by atoms with van der Waals surface area (Å²) in [5.74, 6) is -11.0. The van der Waals surface area contributed by atoms with Crippen molar-refractivity contribution in [3.63, 3.8) is 0 Å². The maximum Gasteiger partial charge on any atom is 0.364 e. The minimum atomic E-state index is -4.80. The van der Waals surface area contributed by atoms with E-state index in [0.717, 1.165) is 0 Å². The molecule has 3 nitrogen and oxygen atoms in total. The number of carboxylic acids is 1. The molecule has 0 heterocycles. The van der Waals surface area contributed by atoms with Gasteiger partial charge in [-0.05, 0) is 0 Å². The van der Waals surface area contributed by atoms with Gasteiger partial charge in [0.25, 0.3) is 0 Å². The van der Waals surface area contributed by atoms with Gasteiger partial charge in [-0.25, -0.2) is 0 Å². The Bertz CT molecular complexity index is 214. The average Bonchev–Trinajstić information content (AvgIpc) is 2.01. The number of alkyl halides is 4. The molecule has 0 aliphatic carbocycles. The van der Waals surface area contributed by atoms with E-state index in [2.05, 4.69) is 0 Å². The van der Waals surface area contributed by atoms with Crippen molar-refractivity contribution in [2.45, 2.75) is 24.7 Å². The van der Waals surface area contributed by atoms with Crippen molar-refractivity contribution in [1.82, 2.24) is 0 Å². The monoisotopic (exact) mass is 202 g/mol. The Morgan fingerprint density at radius 1 is 1.31 bits per heavy atom. The molecule has 1 N–H and O–H groups in total. The maximum atomic E-state index is 12.3. The Kier molecular flexibility index (Phi) is 3.39. The zero-order chi connectivity index (χ0) is 10.7. The van der Waals surface area contributed by atoms with Gasteiger partial charge >= 0.3 is 17.8 Å². The van der Waals surface area contributed by atoms with Gasteiger partial charge in [0.1, 0.15) is 0 Å². The van der Waals surface area contributed by atoms with Crippen LogP contribution in [0.4, 0.5) is 17.6 Å². The molecule has 0 fully saturated rings. The van der Waals surface area contributed by atoms with Crippen molar-refractivity contribution in [2.24, 2.45) is 0 Å². The van der Waals surface area contributed by atoms with Crippen molar-refractivity contribution < 1.29 is 32.3 Å². The molecule has 0 aliphatic rings. The molecule has 7 heteroatoms. The van der Waals surface area contributed by atoms with Crippen LogP contribution in [-0.4, -0.2) is 29.2 Å². The summed E-state index contributed by atoms with van der Waals surface area (Å²) in [4.78, 5) is 19.3. The Morgan fingerprint density at radius 2 is 1.77 bits per heavy atom. The summed E-state index contributed by atoms with van der Waals surface area (Å²) in [5.41, 5.74) is 0. The molecule has 13 heavy (non-hydrogen) atoms. The van der Waals surface area contributed by atoms with Gasteiger partial charge in [0.2, 0.25) is 0 Å². The largest absolute Gasteiger partial charge is 0.481 e. The molecule has 0 rings (SSSR count). The van der Waals surface area contributed by atoms with E-state index in [4.69, 9.17) is 5.11 Å². The molecule has 76 valence electrons. The summed E-state index contributed by atoms with van der Waals surface area (Å²) in [7, 11) is 0. The smallest absolute Gasteiger partial charge is 0.364 e. The van der Waals surface area contributed by atoms with Crippen LogP contribution in [0.15, 0.2) is 0 Å². The Balaban J connectivity index is 4.38. The summed E-state index contributed by atoms with van der Waals surface area (Å²) >= 11 is 0. The van der Waals surface area contributed by atoms with E-state index in [1.165, 1.54) is 0 Å². The lowest BCUT2D eigenvalue weighted by Gasteiger charge is -2.20. The van der Waals surface area contributed by atoms with Gasteiger partial charge < -0.3 is 5.11 Å². The molecule has 0 aromatic rings. The Hall–Kier alpha value is -1.14. The van der Waals surface area contributed by atoms with Crippen molar-refractivity contribution in [3.8, 4) is 0 Å². The average molecular weight is 202 g/mol. The standard InChI is InChI=1S/C6H6F4O3/c7-5(8,2-1-4(12)13)6(9,10)3-11/h3H,1-2H2,(H,12,13). The molecule has 0 saturated carbocycles. The Morgan fingerprint density at radius 3 is 2.08 bits per heavy atom. The number of halogens is 4. The predicted molar refractivity (Wildman–Crippen MR) is 32.8 cm³/mol. The number of aliphatic carboxylic acids is 1. The molecule has 0 saturated heterocycles. The van der Waals surface area contributed by atoms with Gasteiger partial charge in [0.15, 0.2) is 6.29 Å². The van der Waals surface area contributed by atoms with Crippen molar-refractivity contribution in [3.05, 3.63) is 0 Å². The van der Waals surface area contributed by atoms with E-state index in [9.17, 15) is 27.2 Å².